The van der Waals surface area contributed by atoms with E-state index in [0.717, 1.165) is 17.5 Å². The third-order valence-corrected chi connectivity index (χ3v) is 8.20. The van der Waals surface area contributed by atoms with Crippen molar-refractivity contribution >= 4 is 46.6 Å². The van der Waals surface area contributed by atoms with Gasteiger partial charge in [0.15, 0.2) is 5.16 Å². The van der Waals surface area contributed by atoms with Crippen LogP contribution in [-0.2, 0) is 10.5 Å². The first-order valence-electron chi connectivity index (χ1n) is 11.3. The van der Waals surface area contributed by atoms with Crippen molar-refractivity contribution in [3.8, 4) is 0 Å². The summed E-state index contributed by atoms with van der Waals surface area (Å²) >= 11 is 13.7. The maximum atomic E-state index is 13.4. The van der Waals surface area contributed by atoms with Crippen molar-refractivity contribution in [1.82, 2.24) is 9.97 Å². The van der Waals surface area contributed by atoms with Crippen molar-refractivity contribution in [3.05, 3.63) is 85.6 Å². The second-order valence-electron chi connectivity index (χ2n) is 9.83. The number of nitrogens with zero attached hydrogens (tertiary/aromatic N) is 1. The Hall–Kier alpha value is -2.28. The Morgan fingerprint density at radius 2 is 1.88 bits per heavy atom. The van der Waals surface area contributed by atoms with E-state index in [0.29, 0.717) is 38.8 Å². The normalized spacial score (nSPS) is 23.1. The molecule has 3 aromatic rings. The molecule has 1 aromatic heterocycles. The molecule has 5 rings (SSSR count). The number of thioether (sulfide) groups is 1. The maximum absolute atomic E-state index is 13.4. The van der Waals surface area contributed by atoms with Crippen LogP contribution in [0.3, 0.4) is 0 Å². The molecule has 1 aliphatic carbocycles. The van der Waals surface area contributed by atoms with Gasteiger partial charge in [0.1, 0.15) is 11.6 Å². The lowest BCUT2D eigenvalue weighted by Gasteiger charge is -2.46. The van der Waals surface area contributed by atoms with Crippen LogP contribution in [0.5, 0.6) is 0 Å². The van der Waals surface area contributed by atoms with Crippen molar-refractivity contribution < 1.29 is 4.79 Å². The fraction of sp³-hybridized carbons (Fsp3) is 0.346. The molecule has 2 aliphatic rings. The van der Waals surface area contributed by atoms with Gasteiger partial charge >= 0.3 is 0 Å². The van der Waals surface area contributed by atoms with Crippen LogP contribution >= 0.6 is 35.0 Å². The first-order valence-corrected chi connectivity index (χ1v) is 13.0. The van der Waals surface area contributed by atoms with Crippen LogP contribution in [0.15, 0.2) is 58.5 Å². The molecule has 2 N–H and O–H groups in total. The van der Waals surface area contributed by atoms with Crippen LogP contribution in [0.25, 0.3) is 0 Å². The van der Waals surface area contributed by atoms with Gasteiger partial charge in [0.05, 0.1) is 5.56 Å². The molecule has 0 spiro atoms. The molecule has 2 heterocycles. The highest BCUT2D eigenvalue weighted by Crippen LogP contribution is 2.48. The topological polar surface area (TPSA) is 74.8 Å². The predicted molar refractivity (Wildman–Crippen MR) is 138 cm³/mol. The van der Waals surface area contributed by atoms with E-state index in [4.69, 9.17) is 28.2 Å². The molecular formula is C26H25Cl2N3O2S. The summed E-state index contributed by atoms with van der Waals surface area (Å²) in [6.07, 6.45) is 1.35. The van der Waals surface area contributed by atoms with E-state index in [1.54, 1.807) is 12.1 Å². The van der Waals surface area contributed by atoms with Gasteiger partial charge in [-0.1, -0.05) is 85.2 Å². The summed E-state index contributed by atoms with van der Waals surface area (Å²) in [6.45, 7) is 4.25. The van der Waals surface area contributed by atoms with Crippen LogP contribution in [0, 0.1) is 11.3 Å². The summed E-state index contributed by atoms with van der Waals surface area (Å²) in [6, 6.07) is 15.1. The number of fused-ring (bicyclic) bond motifs is 2. The highest BCUT2D eigenvalue weighted by Gasteiger charge is 2.49. The molecule has 3 unspecified atom stereocenters. The van der Waals surface area contributed by atoms with Crippen LogP contribution in [-0.4, -0.2) is 21.8 Å². The molecule has 176 valence electrons. The van der Waals surface area contributed by atoms with E-state index in [1.807, 2.05) is 36.4 Å². The van der Waals surface area contributed by atoms with Gasteiger partial charge in [-0.25, -0.2) is 4.98 Å². The molecule has 2 aromatic carbocycles. The Morgan fingerprint density at radius 1 is 1.12 bits per heavy atom. The zero-order chi connectivity index (χ0) is 24.0. The largest absolute Gasteiger partial charge is 0.366 e. The Bertz CT molecular complexity index is 1310. The monoisotopic (exact) mass is 513 g/mol. The zero-order valence-electron chi connectivity index (χ0n) is 18.9. The Balaban J connectivity index is 1.54. The molecule has 1 saturated carbocycles. The summed E-state index contributed by atoms with van der Waals surface area (Å²) in [4.78, 5) is 34.5. The van der Waals surface area contributed by atoms with E-state index < -0.39 is 0 Å². The predicted octanol–water partition coefficient (Wildman–Crippen LogP) is 6.30. The van der Waals surface area contributed by atoms with Gasteiger partial charge in [-0.05, 0) is 35.1 Å². The van der Waals surface area contributed by atoms with Crippen LogP contribution < -0.4 is 10.9 Å². The molecular weight excluding hydrogens is 489 g/mol. The number of hydrogen-bond donors (Lipinski definition) is 2. The molecule has 1 aliphatic heterocycles. The first-order chi connectivity index (χ1) is 16.2. The van der Waals surface area contributed by atoms with E-state index in [2.05, 4.69) is 24.1 Å². The van der Waals surface area contributed by atoms with E-state index >= 15 is 0 Å². The van der Waals surface area contributed by atoms with Gasteiger partial charge in [-0.3, -0.25) is 9.59 Å². The quantitative estimate of drug-likeness (QED) is 0.316. The SMILES string of the molecule is CC1(C)CC(=O)C2C(C1)Nc1nc(SCc3ccc(Cl)cc3Cl)[nH]c(=O)c1C2c1ccccc1. The van der Waals surface area contributed by atoms with Crippen LogP contribution in [0.2, 0.25) is 10.0 Å². The number of rotatable bonds is 4. The van der Waals surface area contributed by atoms with Gasteiger partial charge in [-0.15, -0.1) is 0 Å². The minimum atomic E-state index is -0.327. The van der Waals surface area contributed by atoms with E-state index in [1.165, 1.54) is 11.8 Å². The number of hydrogen-bond acceptors (Lipinski definition) is 5. The van der Waals surface area contributed by atoms with Gasteiger partial charge in [0.2, 0.25) is 0 Å². The molecule has 0 bridgehead atoms. The number of benzene rings is 2. The lowest BCUT2D eigenvalue weighted by atomic mass is 9.62. The number of carbonyl (C=O) groups is 1. The van der Waals surface area contributed by atoms with Gasteiger partial charge in [-0.2, -0.15) is 0 Å². The fourth-order valence-electron chi connectivity index (χ4n) is 5.27. The molecule has 3 atom stereocenters. The highest BCUT2D eigenvalue weighted by atomic mass is 35.5. The molecule has 5 nitrogen and oxygen atoms in total. The van der Waals surface area contributed by atoms with E-state index in [-0.39, 0.29) is 34.6 Å². The number of Topliss-reactive ketones (excluding diaryl/α,β-unsaturated/α-hetero) is 1. The summed E-state index contributed by atoms with van der Waals surface area (Å²) in [7, 11) is 0. The maximum Gasteiger partial charge on any atom is 0.257 e. The number of ketones is 1. The number of carbonyl (C=O) groups excluding carboxylic acids is 1. The Morgan fingerprint density at radius 3 is 2.62 bits per heavy atom. The average Bonchev–Trinajstić information content (AvgIpc) is 2.77. The zero-order valence-corrected chi connectivity index (χ0v) is 21.2. The third kappa shape index (κ3) is 4.51. The molecule has 1 fully saturated rings. The number of anilines is 1. The number of nitrogens with one attached hydrogen (secondary N) is 2. The minimum absolute atomic E-state index is 0.0770. The van der Waals surface area contributed by atoms with Crippen molar-refractivity contribution in [1.29, 1.82) is 0 Å². The smallest absolute Gasteiger partial charge is 0.257 e. The third-order valence-electron chi connectivity index (χ3n) is 6.69. The number of aromatic amines is 1. The molecule has 0 amide bonds. The molecule has 8 heteroatoms. The highest BCUT2D eigenvalue weighted by molar-refractivity contribution is 7.98. The van der Waals surface area contributed by atoms with Gasteiger partial charge in [0.25, 0.3) is 5.56 Å². The molecule has 0 radical (unpaired) electrons. The number of halogens is 2. The lowest BCUT2D eigenvalue weighted by Crippen LogP contribution is -2.51. The van der Waals surface area contributed by atoms with Crippen molar-refractivity contribution in [2.24, 2.45) is 11.3 Å². The first kappa shape index (κ1) is 23.5. The van der Waals surface area contributed by atoms with Gasteiger partial charge in [0, 0.05) is 40.1 Å². The summed E-state index contributed by atoms with van der Waals surface area (Å²) in [5.74, 6) is 0.680. The molecule has 34 heavy (non-hydrogen) atoms. The fourth-order valence-corrected chi connectivity index (χ4v) is 6.69. The number of aromatic nitrogens is 2. The molecule has 0 saturated heterocycles. The van der Waals surface area contributed by atoms with Crippen LogP contribution in [0.1, 0.15) is 49.3 Å². The second-order valence-corrected chi connectivity index (χ2v) is 11.6. The van der Waals surface area contributed by atoms with Crippen molar-refractivity contribution in [3.63, 3.8) is 0 Å². The standard InChI is InChI=1S/C26H25Cl2N3O2S/c1-26(2)11-18-21(19(32)12-26)20(14-6-4-3-5-7-14)22-23(29-18)30-25(31-24(22)33)34-13-15-8-9-16(27)10-17(15)28/h3-10,18,20-21H,11-13H2,1-2H3,(H2,29,30,31,33). The minimum Gasteiger partial charge on any atom is -0.366 e. The van der Waals surface area contributed by atoms with Crippen molar-refractivity contribution in [2.45, 2.75) is 49.6 Å². The second kappa shape index (κ2) is 9.06. The number of H-pyrrole nitrogens is 1. The summed E-state index contributed by atoms with van der Waals surface area (Å²) in [5.41, 5.74) is 2.09. The summed E-state index contributed by atoms with van der Waals surface area (Å²) in [5, 5.41) is 5.14. The lowest BCUT2D eigenvalue weighted by molar-refractivity contribution is -0.129. The average molecular weight is 514 g/mol. The summed E-state index contributed by atoms with van der Waals surface area (Å²) < 4.78 is 0. The van der Waals surface area contributed by atoms with Crippen LogP contribution in [0.4, 0.5) is 5.82 Å². The Labute approximate surface area is 212 Å². The van der Waals surface area contributed by atoms with Gasteiger partial charge < -0.3 is 10.3 Å². The van der Waals surface area contributed by atoms with Crippen molar-refractivity contribution in [2.75, 3.05) is 5.32 Å². The Kier molecular flexibility index (Phi) is 6.25. The van der Waals surface area contributed by atoms with E-state index in [9.17, 15) is 9.59 Å².